The van der Waals surface area contributed by atoms with Gasteiger partial charge in [0, 0.05) is 25.0 Å². The number of aliphatic carboxylic acids is 1. The van der Waals surface area contributed by atoms with Crippen LogP contribution >= 0.6 is 11.8 Å². The van der Waals surface area contributed by atoms with E-state index in [1.54, 1.807) is 6.20 Å². The predicted molar refractivity (Wildman–Crippen MR) is 75.6 cm³/mol. The maximum Gasteiger partial charge on any atom is 0.313 e. The summed E-state index contributed by atoms with van der Waals surface area (Å²) in [5.41, 5.74) is 1.03. The molecule has 0 aliphatic heterocycles. The number of carboxylic acid groups (broad SMARTS) is 1. The maximum absolute atomic E-state index is 10.6. The monoisotopic (exact) mass is 286 g/mol. The second-order valence-corrected chi connectivity index (χ2v) is 5.75. The SMILES string of the molecule is Cc1cnc(SCC(=O)O)n1CCOCCC(C)C. The molecule has 1 aromatic rings. The lowest BCUT2D eigenvalue weighted by molar-refractivity contribution is -0.133. The van der Waals surface area contributed by atoms with Gasteiger partial charge in [-0.25, -0.2) is 4.98 Å². The Bertz CT molecular complexity index is 405. The summed E-state index contributed by atoms with van der Waals surface area (Å²) in [6, 6.07) is 0. The van der Waals surface area contributed by atoms with E-state index in [0.717, 1.165) is 23.9 Å². The highest BCUT2D eigenvalue weighted by molar-refractivity contribution is 7.99. The zero-order valence-electron chi connectivity index (χ0n) is 11.8. The van der Waals surface area contributed by atoms with Gasteiger partial charge in [-0.3, -0.25) is 4.79 Å². The van der Waals surface area contributed by atoms with Gasteiger partial charge in [-0.2, -0.15) is 0 Å². The molecule has 0 saturated carbocycles. The molecule has 0 aliphatic rings. The molecule has 19 heavy (non-hydrogen) atoms. The minimum Gasteiger partial charge on any atom is -0.481 e. The third-order valence-corrected chi connectivity index (χ3v) is 3.62. The fourth-order valence-corrected chi connectivity index (χ4v) is 2.30. The molecule has 1 heterocycles. The molecule has 0 saturated heterocycles. The Balaban J connectivity index is 2.39. The first-order valence-electron chi connectivity index (χ1n) is 6.45. The van der Waals surface area contributed by atoms with E-state index < -0.39 is 5.97 Å². The number of hydrogen-bond acceptors (Lipinski definition) is 4. The number of imidazole rings is 1. The molecule has 0 atom stereocenters. The fourth-order valence-electron chi connectivity index (χ4n) is 1.53. The Kier molecular flexibility index (Phi) is 6.94. The van der Waals surface area contributed by atoms with Gasteiger partial charge >= 0.3 is 5.97 Å². The second kappa shape index (κ2) is 8.22. The molecule has 6 heteroatoms. The summed E-state index contributed by atoms with van der Waals surface area (Å²) >= 11 is 1.24. The van der Waals surface area contributed by atoms with Crippen LogP contribution < -0.4 is 0 Å². The van der Waals surface area contributed by atoms with E-state index in [1.165, 1.54) is 11.8 Å². The van der Waals surface area contributed by atoms with E-state index in [9.17, 15) is 4.79 Å². The van der Waals surface area contributed by atoms with Crippen molar-refractivity contribution in [1.82, 2.24) is 9.55 Å². The van der Waals surface area contributed by atoms with Gasteiger partial charge in [0.25, 0.3) is 0 Å². The van der Waals surface area contributed by atoms with Crippen LogP contribution in [0.4, 0.5) is 0 Å². The number of rotatable bonds is 9. The van der Waals surface area contributed by atoms with Crippen molar-refractivity contribution in [2.24, 2.45) is 5.92 Å². The average molecular weight is 286 g/mol. The van der Waals surface area contributed by atoms with Crippen molar-refractivity contribution >= 4 is 17.7 Å². The number of nitrogens with zero attached hydrogens (tertiary/aromatic N) is 2. The van der Waals surface area contributed by atoms with E-state index in [0.29, 0.717) is 19.1 Å². The summed E-state index contributed by atoms with van der Waals surface area (Å²) in [6.45, 7) is 8.42. The Morgan fingerprint density at radius 1 is 1.53 bits per heavy atom. The third-order valence-electron chi connectivity index (χ3n) is 2.64. The first kappa shape index (κ1) is 16.0. The molecular weight excluding hydrogens is 264 g/mol. The van der Waals surface area contributed by atoms with Gasteiger partial charge in [-0.15, -0.1) is 0 Å². The summed E-state index contributed by atoms with van der Waals surface area (Å²) in [5, 5.41) is 9.43. The topological polar surface area (TPSA) is 64.3 Å². The lowest BCUT2D eigenvalue weighted by Crippen LogP contribution is -2.10. The largest absolute Gasteiger partial charge is 0.481 e. The molecule has 0 amide bonds. The first-order valence-corrected chi connectivity index (χ1v) is 7.43. The Morgan fingerprint density at radius 3 is 2.89 bits per heavy atom. The zero-order chi connectivity index (χ0) is 14.3. The Labute approximate surface area is 118 Å². The summed E-state index contributed by atoms with van der Waals surface area (Å²) in [6.07, 6.45) is 2.82. The quantitative estimate of drug-likeness (QED) is 0.558. The molecule has 108 valence electrons. The number of ether oxygens (including phenoxy) is 1. The van der Waals surface area contributed by atoms with Gasteiger partial charge in [0.15, 0.2) is 5.16 Å². The van der Waals surface area contributed by atoms with Gasteiger partial charge in [0.05, 0.1) is 12.4 Å². The molecule has 0 bridgehead atoms. The van der Waals surface area contributed by atoms with Gasteiger partial charge in [0.2, 0.25) is 0 Å². The molecule has 0 fully saturated rings. The summed E-state index contributed by atoms with van der Waals surface area (Å²) in [7, 11) is 0. The van der Waals surface area contributed by atoms with E-state index in [-0.39, 0.29) is 5.75 Å². The van der Waals surface area contributed by atoms with Crippen molar-refractivity contribution in [3.8, 4) is 0 Å². The van der Waals surface area contributed by atoms with Crippen molar-refractivity contribution in [3.05, 3.63) is 11.9 Å². The van der Waals surface area contributed by atoms with Crippen molar-refractivity contribution in [1.29, 1.82) is 0 Å². The van der Waals surface area contributed by atoms with Crippen molar-refractivity contribution < 1.29 is 14.6 Å². The van der Waals surface area contributed by atoms with Crippen LogP contribution in [0.25, 0.3) is 0 Å². The number of aromatic nitrogens is 2. The number of thioether (sulfide) groups is 1. The molecule has 0 unspecified atom stereocenters. The zero-order valence-corrected chi connectivity index (χ0v) is 12.6. The van der Waals surface area contributed by atoms with Crippen LogP contribution in [-0.4, -0.2) is 39.6 Å². The lowest BCUT2D eigenvalue weighted by atomic mass is 10.1. The van der Waals surface area contributed by atoms with E-state index in [2.05, 4.69) is 18.8 Å². The molecular formula is C13H22N2O3S. The molecule has 0 aromatic carbocycles. The van der Waals surface area contributed by atoms with E-state index >= 15 is 0 Å². The minimum absolute atomic E-state index is 0.0324. The normalized spacial score (nSPS) is 11.2. The predicted octanol–water partition coefficient (Wildman–Crippen LogP) is 2.43. The van der Waals surface area contributed by atoms with Crippen molar-refractivity contribution in [2.75, 3.05) is 19.0 Å². The summed E-state index contributed by atoms with van der Waals surface area (Å²) < 4.78 is 7.58. The van der Waals surface area contributed by atoms with Crippen LogP contribution in [0.2, 0.25) is 0 Å². The van der Waals surface area contributed by atoms with Gasteiger partial charge < -0.3 is 14.4 Å². The molecule has 1 N–H and O–H groups in total. The summed E-state index contributed by atoms with van der Waals surface area (Å²) in [5.74, 6) is -0.146. The Hall–Kier alpha value is -1.01. The molecule has 0 aliphatic carbocycles. The molecule has 0 radical (unpaired) electrons. The molecule has 1 aromatic heterocycles. The lowest BCUT2D eigenvalue weighted by Gasteiger charge is -2.10. The number of hydrogen-bond donors (Lipinski definition) is 1. The standard InChI is InChI=1S/C13H22N2O3S/c1-10(2)4-6-18-7-5-15-11(3)8-14-13(15)19-9-12(16)17/h8,10H,4-7,9H2,1-3H3,(H,16,17). The van der Waals surface area contributed by atoms with E-state index in [4.69, 9.17) is 9.84 Å². The van der Waals surface area contributed by atoms with Crippen LogP contribution in [-0.2, 0) is 16.1 Å². The minimum atomic E-state index is -0.828. The van der Waals surface area contributed by atoms with Gasteiger partial charge in [0.1, 0.15) is 0 Å². The smallest absolute Gasteiger partial charge is 0.313 e. The van der Waals surface area contributed by atoms with Crippen LogP contribution in [0.5, 0.6) is 0 Å². The first-order chi connectivity index (χ1) is 9.00. The second-order valence-electron chi connectivity index (χ2n) is 4.81. The Morgan fingerprint density at radius 2 is 2.26 bits per heavy atom. The van der Waals surface area contributed by atoms with Crippen LogP contribution in [0.15, 0.2) is 11.4 Å². The van der Waals surface area contributed by atoms with Crippen molar-refractivity contribution in [2.45, 2.75) is 38.9 Å². The summed E-state index contributed by atoms with van der Waals surface area (Å²) in [4.78, 5) is 14.8. The number of aryl methyl sites for hydroxylation is 1. The highest BCUT2D eigenvalue weighted by Gasteiger charge is 2.09. The van der Waals surface area contributed by atoms with Gasteiger partial charge in [-0.1, -0.05) is 25.6 Å². The third kappa shape index (κ3) is 6.11. The van der Waals surface area contributed by atoms with Gasteiger partial charge in [-0.05, 0) is 19.3 Å². The van der Waals surface area contributed by atoms with Crippen LogP contribution in [0.1, 0.15) is 26.0 Å². The molecule has 0 spiro atoms. The highest BCUT2D eigenvalue weighted by atomic mass is 32.2. The van der Waals surface area contributed by atoms with Crippen LogP contribution in [0, 0.1) is 12.8 Å². The molecule has 5 nitrogen and oxygen atoms in total. The number of carbonyl (C=O) groups is 1. The highest BCUT2D eigenvalue weighted by Crippen LogP contribution is 2.17. The van der Waals surface area contributed by atoms with E-state index in [1.807, 2.05) is 11.5 Å². The maximum atomic E-state index is 10.6. The fraction of sp³-hybridized carbons (Fsp3) is 0.692. The average Bonchev–Trinajstić information content (AvgIpc) is 2.67. The van der Waals surface area contributed by atoms with Crippen LogP contribution in [0.3, 0.4) is 0 Å². The molecule has 1 rings (SSSR count). The van der Waals surface area contributed by atoms with Crippen molar-refractivity contribution in [3.63, 3.8) is 0 Å². The number of carboxylic acids is 1.